The molecule has 5 rings (SSSR count). The van der Waals surface area contributed by atoms with Crippen molar-refractivity contribution in [2.45, 2.75) is 38.1 Å². The number of nitrogens with zero attached hydrogens (tertiary/aromatic N) is 1. The number of ether oxygens (including phenoxy) is 1. The maximum atomic E-state index is 12.7. The highest BCUT2D eigenvalue weighted by Crippen LogP contribution is 2.44. The van der Waals surface area contributed by atoms with E-state index in [0.29, 0.717) is 19.3 Å². The molecule has 0 spiro atoms. The van der Waals surface area contributed by atoms with Crippen LogP contribution in [0.5, 0.6) is 0 Å². The molecular weight excluding hydrogens is 420 g/mol. The van der Waals surface area contributed by atoms with Gasteiger partial charge in [-0.2, -0.15) is 0 Å². The van der Waals surface area contributed by atoms with Crippen LogP contribution >= 0.6 is 0 Å². The molecule has 3 aliphatic rings. The van der Waals surface area contributed by atoms with Gasteiger partial charge in [0.05, 0.1) is 5.41 Å². The van der Waals surface area contributed by atoms with Gasteiger partial charge in [-0.15, -0.1) is 0 Å². The molecule has 2 aliphatic carbocycles. The topological polar surface area (TPSA) is 95.9 Å². The van der Waals surface area contributed by atoms with E-state index >= 15 is 0 Å². The molecule has 0 unspecified atom stereocenters. The number of hydrogen-bond donors (Lipinski definition) is 2. The summed E-state index contributed by atoms with van der Waals surface area (Å²) in [4.78, 5) is 38.1. The van der Waals surface area contributed by atoms with E-state index in [0.717, 1.165) is 0 Å². The second-order valence-corrected chi connectivity index (χ2v) is 9.74. The van der Waals surface area contributed by atoms with E-state index in [9.17, 15) is 19.5 Å². The van der Waals surface area contributed by atoms with Gasteiger partial charge in [0.15, 0.2) is 0 Å². The number of carbonyl (C=O) groups is 3. The minimum absolute atomic E-state index is 0.00874. The lowest BCUT2D eigenvalue weighted by molar-refractivity contribution is -0.165. The monoisotopic (exact) mass is 448 g/mol. The first kappa shape index (κ1) is 21.5. The lowest BCUT2D eigenvalue weighted by Gasteiger charge is -2.45. The molecule has 1 saturated heterocycles. The van der Waals surface area contributed by atoms with Crippen molar-refractivity contribution < 1.29 is 24.2 Å². The van der Waals surface area contributed by atoms with Crippen LogP contribution in [0.2, 0.25) is 0 Å². The summed E-state index contributed by atoms with van der Waals surface area (Å²) in [6, 6.07) is 16.3. The molecule has 1 saturated carbocycles. The van der Waals surface area contributed by atoms with Crippen LogP contribution in [-0.2, 0) is 14.3 Å². The minimum atomic E-state index is -0.868. The molecule has 0 aromatic heterocycles. The van der Waals surface area contributed by atoms with E-state index in [1.807, 2.05) is 24.3 Å². The number of likely N-dealkylation sites (tertiary alicyclic amines) is 1. The van der Waals surface area contributed by atoms with Gasteiger partial charge in [-0.25, -0.2) is 4.79 Å². The van der Waals surface area contributed by atoms with E-state index in [2.05, 4.69) is 29.6 Å². The van der Waals surface area contributed by atoms with Gasteiger partial charge < -0.3 is 20.1 Å². The normalized spacial score (nSPS) is 22.8. The first-order valence-corrected chi connectivity index (χ1v) is 11.5. The van der Waals surface area contributed by atoms with E-state index in [1.165, 1.54) is 22.3 Å². The lowest BCUT2D eigenvalue weighted by atomic mass is 9.81. The molecular formula is C26H28N2O5. The van der Waals surface area contributed by atoms with E-state index in [1.54, 1.807) is 11.8 Å². The quantitative estimate of drug-likeness (QED) is 0.728. The highest BCUT2D eigenvalue weighted by atomic mass is 16.5. The summed E-state index contributed by atoms with van der Waals surface area (Å²) in [5.41, 5.74) is 3.86. The van der Waals surface area contributed by atoms with Gasteiger partial charge >= 0.3 is 12.1 Å². The number of carboxylic acid groups (broad SMARTS) is 1. The molecule has 1 aliphatic heterocycles. The Hall–Kier alpha value is -3.35. The number of benzene rings is 2. The maximum Gasteiger partial charge on any atom is 0.407 e. The van der Waals surface area contributed by atoms with E-state index in [4.69, 9.17) is 4.74 Å². The number of hydrogen-bond acceptors (Lipinski definition) is 4. The van der Waals surface area contributed by atoms with Gasteiger partial charge in [-0.3, -0.25) is 9.59 Å². The summed E-state index contributed by atoms with van der Waals surface area (Å²) in [5, 5.41) is 12.2. The number of rotatable bonds is 5. The summed E-state index contributed by atoms with van der Waals surface area (Å²) in [7, 11) is 0. The van der Waals surface area contributed by atoms with Crippen LogP contribution in [0.15, 0.2) is 48.5 Å². The Kier molecular flexibility index (Phi) is 5.35. The van der Waals surface area contributed by atoms with Gasteiger partial charge in [-0.05, 0) is 48.4 Å². The molecule has 2 aromatic rings. The molecule has 7 nitrogen and oxygen atoms in total. The fraction of sp³-hybridized carbons (Fsp3) is 0.423. The third-order valence-corrected chi connectivity index (χ3v) is 7.36. The van der Waals surface area contributed by atoms with Crippen LogP contribution < -0.4 is 5.32 Å². The van der Waals surface area contributed by atoms with Crippen LogP contribution in [0.25, 0.3) is 11.1 Å². The molecule has 2 atom stereocenters. The molecule has 172 valence electrons. The van der Waals surface area contributed by atoms with Crippen molar-refractivity contribution in [2.24, 2.45) is 11.3 Å². The largest absolute Gasteiger partial charge is 0.481 e. The molecule has 2 N–H and O–H groups in total. The predicted octanol–water partition coefficient (Wildman–Crippen LogP) is 3.63. The van der Waals surface area contributed by atoms with Gasteiger partial charge in [0.1, 0.15) is 6.61 Å². The molecule has 33 heavy (non-hydrogen) atoms. The molecule has 2 aromatic carbocycles. The number of nitrogens with one attached hydrogen (secondary N) is 1. The van der Waals surface area contributed by atoms with Gasteiger partial charge in [0, 0.05) is 31.0 Å². The number of fused-ring (bicyclic) bond motifs is 3. The second-order valence-electron chi connectivity index (χ2n) is 9.74. The molecule has 0 bridgehead atoms. The number of amides is 2. The number of carbonyl (C=O) groups excluding carboxylic acids is 2. The van der Waals surface area contributed by atoms with Crippen molar-refractivity contribution in [1.29, 1.82) is 0 Å². The van der Waals surface area contributed by atoms with Crippen molar-refractivity contribution in [2.75, 3.05) is 19.7 Å². The Morgan fingerprint density at radius 1 is 1.03 bits per heavy atom. The van der Waals surface area contributed by atoms with Crippen molar-refractivity contribution in [3.63, 3.8) is 0 Å². The maximum absolute atomic E-state index is 12.7. The van der Waals surface area contributed by atoms with Crippen molar-refractivity contribution >= 4 is 18.0 Å². The Balaban J connectivity index is 1.13. The lowest BCUT2D eigenvalue weighted by Crippen LogP contribution is -2.61. The molecule has 2 fully saturated rings. The van der Waals surface area contributed by atoms with Crippen molar-refractivity contribution in [1.82, 2.24) is 10.2 Å². The van der Waals surface area contributed by atoms with E-state index in [-0.39, 0.29) is 43.5 Å². The highest BCUT2D eigenvalue weighted by molar-refractivity contribution is 5.85. The van der Waals surface area contributed by atoms with Crippen LogP contribution in [0.4, 0.5) is 4.79 Å². The van der Waals surface area contributed by atoms with Gasteiger partial charge in [0.2, 0.25) is 5.91 Å². The van der Waals surface area contributed by atoms with Crippen LogP contribution in [0.1, 0.15) is 43.2 Å². The molecule has 2 amide bonds. The summed E-state index contributed by atoms with van der Waals surface area (Å²) < 4.78 is 5.62. The zero-order valence-corrected chi connectivity index (χ0v) is 18.6. The fourth-order valence-electron chi connectivity index (χ4n) is 5.49. The van der Waals surface area contributed by atoms with Crippen LogP contribution in [-0.4, -0.2) is 53.7 Å². The Morgan fingerprint density at radius 2 is 1.64 bits per heavy atom. The van der Waals surface area contributed by atoms with E-state index < -0.39 is 17.5 Å². The smallest absolute Gasteiger partial charge is 0.407 e. The second kappa shape index (κ2) is 8.21. The summed E-state index contributed by atoms with van der Waals surface area (Å²) in [6.45, 7) is 2.43. The SMILES string of the molecule is CC1(C(=O)O)CN(C(=O)[C@@H]2CC[C@H](NC(=O)OCC3c4ccccc4-c4ccccc43)C2)C1. The summed E-state index contributed by atoms with van der Waals surface area (Å²) in [6.07, 6.45) is 1.50. The standard InChI is InChI=1S/C26H28N2O5/c1-26(24(30)31)14-28(15-26)23(29)16-10-11-17(12-16)27-25(32)33-13-22-20-8-4-2-6-18(20)19-7-3-5-9-21(19)22/h2-9,16-17,22H,10-15H2,1H3,(H,27,32)(H,30,31)/t16-,17+/m1/s1. The zero-order chi connectivity index (χ0) is 23.2. The molecule has 1 heterocycles. The molecule has 0 radical (unpaired) electrons. The summed E-state index contributed by atoms with van der Waals surface area (Å²) >= 11 is 0. The average molecular weight is 449 g/mol. The van der Waals surface area contributed by atoms with Crippen molar-refractivity contribution in [3.05, 3.63) is 59.7 Å². The highest BCUT2D eigenvalue weighted by Gasteiger charge is 2.49. The Labute approximate surface area is 192 Å². The van der Waals surface area contributed by atoms with Gasteiger partial charge in [0.25, 0.3) is 0 Å². The number of alkyl carbamates (subject to hydrolysis) is 1. The minimum Gasteiger partial charge on any atom is -0.481 e. The Morgan fingerprint density at radius 3 is 2.24 bits per heavy atom. The average Bonchev–Trinajstić information content (AvgIpc) is 3.37. The first-order chi connectivity index (χ1) is 15.9. The Bertz CT molecular complexity index is 1060. The number of aliphatic carboxylic acids is 1. The van der Waals surface area contributed by atoms with Crippen molar-refractivity contribution in [3.8, 4) is 11.1 Å². The number of carboxylic acids is 1. The summed E-state index contributed by atoms with van der Waals surface area (Å²) in [5.74, 6) is -1.04. The van der Waals surface area contributed by atoms with Crippen LogP contribution in [0, 0.1) is 11.3 Å². The first-order valence-electron chi connectivity index (χ1n) is 11.5. The third kappa shape index (κ3) is 3.86. The zero-order valence-electron chi connectivity index (χ0n) is 18.6. The van der Waals surface area contributed by atoms with Gasteiger partial charge in [-0.1, -0.05) is 48.5 Å². The fourth-order valence-corrected chi connectivity index (χ4v) is 5.49. The van der Waals surface area contributed by atoms with Crippen LogP contribution in [0.3, 0.4) is 0 Å². The predicted molar refractivity (Wildman–Crippen MR) is 122 cm³/mol. The third-order valence-electron chi connectivity index (χ3n) is 7.36. The molecule has 7 heteroatoms.